The number of phenols is 1. The fourth-order valence-corrected chi connectivity index (χ4v) is 2.55. The highest BCUT2D eigenvalue weighted by atomic mass is 35.5. The number of rotatable bonds is 5. The van der Waals surface area contributed by atoms with Crippen LogP contribution in [0.4, 0.5) is 5.69 Å². The predicted molar refractivity (Wildman–Crippen MR) is 65.6 cm³/mol. The fourth-order valence-electron chi connectivity index (χ4n) is 1.15. The molecule has 0 unspecified atom stereocenters. The van der Waals surface area contributed by atoms with E-state index in [2.05, 4.69) is 4.72 Å². The molecule has 0 aromatic heterocycles. The molecule has 1 rings (SSSR count). The fraction of sp³-hybridized carbons (Fsp3) is 0.400. The Morgan fingerprint density at radius 3 is 2.69 bits per heavy atom. The van der Waals surface area contributed by atoms with Crippen molar-refractivity contribution < 1.29 is 13.5 Å². The third-order valence-corrected chi connectivity index (χ3v) is 3.67. The van der Waals surface area contributed by atoms with Gasteiger partial charge in [-0.15, -0.1) is 11.6 Å². The van der Waals surface area contributed by atoms with Gasteiger partial charge in [-0.3, -0.25) is 4.72 Å². The third kappa shape index (κ3) is 3.90. The van der Waals surface area contributed by atoms with Crippen molar-refractivity contribution in [1.82, 2.24) is 0 Å². The summed E-state index contributed by atoms with van der Waals surface area (Å²) < 4.78 is 25.4. The Kier molecular flexibility index (Phi) is 4.44. The van der Waals surface area contributed by atoms with Gasteiger partial charge in [-0.05, 0) is 25.0 Å². The number of sulfonamides is 1. The number of alkyl halides is 1. The lowest BCUT2D eigenvalue weighted by Crippen LogP contribution is -2.16. The van der Waals surface area contributed by atoms with Gasteiger partial charge in [0.25, 0.3) is 0 Å². The molecule has 0 saturated heterocycles. The molecule has 0 aliphatic rings. The maximum atomic E-state index is 11.5. The third-order valence-electron chi connectivity index (χ3n) is 2.03. The number of benzene rings is 1. The molecular weight excluding hydrogens is 250 g/mol. The summed E-state index contributed by atoms with van der Waals surface area (Å²) in [5.74, 6) is 0.350. The highest BCUT2D eigenvalue weighted by Crippen LogP contribution is 2.21. The lowest BCUT2D eigenvalue weighted by Gasteiger charge is -2.08. The lowest BCUT2D eigenvalue weighted by molar-refractivity contribution is 0.471. The number of hydrogen-bond acceptors (Lipinski definition) is 3. The van der Waals surface area contributed by atoms with E-state index in [1.54, 1.807) is 19.1 Å². The van der Waals surface area contributed by atoms with Crippen LogP contribution in [0.25, 0.3) is 0 Å². The zero-order chi connectivity index (χ0) is 12.2. The largest absolute Gasteiger partial charge is 0.508 e. The van der Waals surface area contributed by atoms with Crippen molar-refractivity contribution in [3.8, 4) is 5.75 Å². The summed E-state index contributed by atoms with van der Waals surface area (Å²) in [5.41, 5.74) is 1.06. The first-order valence-corrected chi connectivity index (χ1v) is 6.99. The summed E-state index contributed by atoms with van der Waals surface area (Å²) in [6.07, 6.45) is 0.398. The molecule has 90 valence electrons. The molecule has 4 nitrogen and oxygen atoms in total. The van der Waals surface area contributed by atoms with Gasteiger partial charge in [-0.1, -0.05) is 6.07 Å². The van der Waals surface area contributed by atoms with Crippen LogP contribution in [0.2, 0.25) is 0 Å². The molecule has 0 bridgehead atoms. The average molecular weight is 264 g/mol. The molecule has 0 fully saturated rings. The van der Waals surface area contributed by atoms with Gasteiger partial charge in [0.2, 0.25) is 10.0 Å². The zero-order valence-corrected chi connectivity index (χ0v) is 10.5. The molecule has 0 aliphatic carbocycles. The van der Waals surface area contributed by atoms with Crippen LogP contribution < -0.4 is 4.72 Å². The first-order chi connectivity index (χ1) is 7.44. The van der Waals surface area contributed by atoms with Crippen LogP contribution in [0.15, 0.2) is 18.2 Å². The van der Waals surface area contributed by atoms with E-state index in [0.29, 0.717) is 23.6 Å². The maximum absolute atomic E-state index is 11.5. The summed E-state index contributed by atoms with van der Waals surface area (Å²) in [6, 6.07) is 4.63. The molecule has 16 heavy (non-hydrogen) atoms. The Morgan fingerprint density at radius 2 is 2.12 bits per heavy atom. The van der Waals surface area contributed by atoms with Crippen LogP contribution in [-0.4, -0.2) is 25.2 Å². The van der Waals surface area contributed by atoms with Gasteiger partial charge < -0.3 is 5.11 Å². The van der Waals surface area contributed by atoms with Gasteiger partial charge >= 0.3 is 0 Å². The standard InChI is InChI=1S/C10H14ClNO3S/c1-8-3-4-9(7-10(8)13)12-16(14,15)6-2-5-11/h3-4,7,12-13H,2,5-6H2,1H3. The Balaban J connectivity index is 2.76. The summed E-state index contributed by atoms with van der Waals surface area (Å²) >= 11 is 5.42. The van der Waals surface area contributed by atoms with Crippen LogP contribution in [-0.2, 0) is 10.0 Å². The van der Waals surface area contributed by atoms with Gasteiger partial charge in [-0.25, -0.2) is 8.42 Å². The molecule has 1 aromatic carbocycles. The Morgan fingerprint density at radius 1 is 1.44 bits per heavy atom. The van der Waals surface area contributed by atoms with Crippen LogP contribution in [0, 0.1) is 6.92 Å². The minimum atomic E-state index is -3.37. The zero-order valence-electron chi connectivity index (χ0n) is 8.90. The highest BCUT2D eigenvalue weighted by molar-refractivity contribution is 7.92. The molecule has 0 amide bonds. The van der Waals surface area contributed by atoms with Gasteiger partial charge in [0.1, 0.15) is 5.75 Å². The second-order valence-electron chi connectivity index (χ2n) is 3.46. The molecule has 0 saturated carbocycles. The van der Waals surface area contributed by atoms with Crippen LogP contribution >= 0.6 is 11.6 Å². The summed E-state index contributed by atoms with van der Waals surface area (Å²) in [6.45, 7) is 1.74. The molecule has 0 atom stereocenters. The van der Waals surface area contributed by atoms with Crippen molar-refractivity contribution in [3.63, 3.8) is 0 Å². The van der Waals surface area contributed by atoms with Crippen LogP contribution in [0.5, 0.6) is 5.75 Å². The van der Waals surface area contributed by atoms with Crippen molar-refractivity contribution in [2.75, 3.05) is 16.4 Å². The van der Waals surface area contributed by atoms with Gasteiger partial charge in [-0.2, -0.15) is 0 Å². The highest BCUT2D eigenvalue weighted by Gasteiger charge is 2.10. The molecular formula is C10H14ClNO3S. The van der Waals surface area contributed by atoms with E-state index in [0.717, 1.165) is 0 Å². The second kappa shape index (κ2) is 5.41. The smallest absolute Gasteiger partial charge is 0.232 e. The minimum absolute atomic E-state index is 0.0227. The number of phenolic OH excluding ortho intramolecular Hbond substituents is 1. The summed E-state index contributed by atoms with van der Waals surface area (Å²) in [7, 11) is -3.37. The van der Waals surface area contributed by atoms with Crippen molar-refractivity contribution in [2.24, 2.45) is 0 Å². The van der Waals surface area contributed by atoms with E-state index in [4.69, 9.17) is 11.6 Å². The van der Waals surface area contributed by atoms with Gasteiger partial charge in [0.15, 0.2) is 0 Å². The molecule has 0 radical (unpaired) electrons. The predicted octanol–water partition coefficient (Wildman–Crippen LogP) is 2.07. The van der Waals surface area contributed by atoms with Gasteiger partial charge in [0, 0.05) is 11.9 Å². The number of aromatic hydroxyl groups is 1. The molecule has 0 heterocycles. The first-order valence-electron chi connectivity index (χ1n) is 4.81. The number of aryl methyl sites for hydroxylation is 1. The quantitative estimate of drug-likeness (QED) is 0.800. The molecule has 2 N–H and O–H groups in total. The molecule has 0 spiro atoms. The van der Waals surface area contributed by atoms with Crippen molar-refractivity contribution in [1.29, 1.82) is 0 Å². The van der Waals surface area contributed by atoms with Crippen LogP contribution in [0.1, 0.15) is 12.0 Å². The van der Waals surface area contributed by atoms with Crippen LogP contribution in [0.3, 0.4) is 0 Å². The van der Waals surface area contributed by atoms with E-state index < -0.39 is 10.0 Å². The monoisotopic (exact) mass is 263 g/mol. The van der Waals surface area contributed by atoms with Crippen molar-refractivity contribution in [2.45, 2.75) is 13.3 Å². The number of halogens is 1. The second-order valence-corrected chi connectivity index (χ2v) is 5.68. The number of anilines is 1. The Hall–Kier alpha value is -0.940. The van der Waals surface area contributed by atoms with E-state index >= 15 is 0 Å². The maximum Gasteiger partial charge on any atom is 0.232 e. The van der Waals surface area contributed by atoms with E-state index in [1.807, 2.05) is 0 Å². The first kappa shape index (κ1) is 13.1. The van der Waals surface area contributed by atoms with Gasteiger partial charge in [0.05, 0.1) is 11.4 Å². The lowest BCUT2D eigenvalue weighted by atomic mass is 10.2. The molecule has 0 aliphatic heterocycles. The van der Waals surface area contributed by atoms with Crippen molar-refractivity contribution in [3.05, 3.63) is 23.8 Å². The average Bonchev–Trinajstić information content (AvgIpc) is 2.20. The van der Waals surface area contributed by atoms with Crippen molar-refractivity contribution >= 4 is 27.3 Å². The SMILES string of the molecule is Cc1ccc(NS(=O)(=O)CCCCl)cc1O. The summed E-state index contributed by atoms with van der Waals surface area (Å²) in [4.78, 5) is 0. The summed E-state index contributed by atoms with van der Waals surface area (Å²) in [5, 5.41) is 9.42. The van der Waals surface area contributed by atoms with E-state index in [-0.39, 0.29) is 11.5 Å². The Labute approximate surface area is 100 Å². The normalized spacial score (nSPS) is 11.4. The van der Waals surface area contributed by atoms with E-state index in [1.165, 1.54) is 6.07 Å². The minimum Gasteiger partial charge on any atom is -0.508 e. The Bertz CT molecular complexity index is 459. The number of nitrogens with one attached hydrogen (secondary N) is 1. The number of hydrogen-bond donors (Lipinski definition) is 2. The van der Waals surface area contributed by atoms with E-state index in [9.17, 15) is 13.5 Å². The molecule has 6 heteroatoms. The topological polar surface area (TPSA) is 66.4 Å². The molecule has 1 aromatic rings.